The van der Waals surface area contributed by atoms with Crippen LogP contribution in [0.5, 0.6) is 5.75 Å². The first-order chi connectivity index (χ1) is 8.69. The summed E-state index contributed by atoms with van der Waals surface area (Å²) in [5.41, 5.74) is 1.59. The lowest BCUT2D eigenvalue weighted by Gasteiger charge is -2.17. The van der Waals surface area contributed by atoms with E-state index in [0.717, 1.165) is 11.3 Å². The largest absolute Gasteiger partial charge is 0.496 e. The maximum absolute atomic E-state index is 12.3. The molecule has 5 heteroatoms. The Kier molecular flexibility index (Phi) is 4.98. The molecule has 0 aromatic heterocycles. The lowest BCUT2D eigenvalue weighted by molar-refractivity contribution is 0.406. The Morgan fingerprint density at radius 2 is 1.74 bits per heavy atom. The molecule has 108 valence electrons. The zero-order valence-electron chi connectivity index (χ0n) is 12.4. The maximum Gasteiger partial charge on any atom is 0.241 e. The highest BCUT2D eigenvalue weighted by molar-refractivity contribution is 7.89. The van der Waals surface area contributed by atoms with Gasteiger partial charge in [-0.15, -0.1) is 0 Å². The average Bonchev–Trinajstić information content (AvgIpc) is 2.25. The van der Waals surface area contributed by atoms with E-state index in [1.54, 1.807) is 40.0 Å². The number of nitrogens with one attached hydrogen (secondary N) is 1. The number of benzene rings is 1. The molecule has 0 fully saturated rings. The fraction of sp³-hybridized carbons (Fsp3) is 0.571. The van der Waals surface area contributed by atoms with E-state index in [9.17, 15) is 8.42 Å². The maximum atomic E-state index is 12.3. The third-order valence-corrected chi connectivity index (χ3v) is 4.63. The summed E-state index contributed by atoms with van der Waals surface area (Å²) in [4.78, 5) is 0.325. The smallest absolute Gasteiger partial charge is 0.241 e. The highest BCUT2D eigenvalue weighted by atomic mass is 32.2. The molecule has 1 aromatic rings. The molecular weight excluding hydrogens is 262 g/mol. The SMILES string of the molecule is COc1cc(C)c(S(=O)(=O)NC(C)C)cc1C(C)C. The van der Waals surface area contributed by atoms with E-state index in [4.69, 9.17) is 4.74 Å². The van der Waals surface area contributed by atoms with Crippen molar-refractivity contribution in [2.45, 2.75) is 51.5 Å². The Balaban J connectivity index is 3.41. The molecule has 0 amide bonds. The Labute approximate surface area is 116 Å². The second-order valence-corrected chi connectivity index (χ2v) is 6.97. The van der Waals surface area contributed by atoms with E-state index in [2.05, 4.69) is 4.72 Å². The molecule has 19 heavy (non-hydrogen) atoms. The summed E-state index contributed by atoms with van der Waals surface area (Å²) in [5, 5.41) is 0. The van der Waals surface area contributed by atoms with Gasteiger partial charge in [-0.25, -0.2) is 13.1 Å². The Hall–Kier alpha value is -1.07. The molecule has 0 saturated carbocycles. The van der Waals surface area contributed by atoms with Crippen LogP contribution in [0, 0.1) is 6.92 Å². The predicted molar refractivity (Wildman–Crippen MR) is 77.3 cm³/mol. The molecule has 0 atom stereocenters. The van der Waals surface area contributed by atoms with Gasteiger partial charge in [-0.3, -0.25) is 0 Å². The van der Waals surface area contributed by atoms with Gasteiger partial charge in [0.05, 0.1) is 12.0 Å². The molecule has 0 saturated heterocycles. The molecule has 0 bridgehead atoms. The van der Waals surface area contributed by atoms with Crippen molar-refractivity contribution >= 4 is 10.0 Å². The topological polar surface area (TPSA) is 55.4 Å². The van der Waals surface area contributed by atoms with Gasteiger partial charge in [0.1, 0.15) is 5.75 Å². The van der Waals surface area contributed by atoms with Crippen molar-refractivity contribution in [3.05, 3.63) is 23.3 Å². The van der Waals surface area contributed by atoms with Crippen molar-refractivity contribution in [2.75, 3.05) is 7.11 Å². The van der Waals surface area contributed by atoms with Gasteiger partial charge in [0.2, 0.25) is 10.0 Å². The molecule has 0 heterocycles. The van der Waals surface area contributed by atoms with E-state index >= 15 is 0 Å². The Bertz CT molecular complexity index is 548. The molecule has 1 rings (SSSR count). The summed E-state index contributed by atoms with van der Waals surface area (Å²) in [6, 6.07) is 3.36. The van der Waals surface area contributed by atoms with Crippen LogP contribution in [0.3, 0.4) is 0 Å². The van der Waals surface area contributed by atoms with Gasteiger partial charge >= 0.3 is 0 Å². The van der Waals surface area contributed by atoms with Crippen molar-refractivity contribution in [2.24, 2.45) is 0 Å². The number of aryl methyl sites for hydroxylation is 1. The van der Waals surface area contributed by atoms with E-state index in [0.29, 0.717) is 10.5 Å². The Morgan fingerprint density at radius 3 is 2.16 bits per heavy atom. The van der Waals surface area contributed by atoms with Crippen molar-refractivity contribution in [1.29, 1.82) is 0 Å². The zero-order chi connectivity index (χ0) is 14.8. The molecule has 0 spiro atoms. The summed E-state index contributed by atoms with van der Waals surface area (Å²) >= 11 is 0. The fourth-order valence-corrected chi connectivity index (χ4v) is 3.48. The lowest BCUT2D eigenvalue weighted by Crippen LogP contribution is -2.30. The predicted octanol–water partition coefficient (Wildman–Crippen LogP) is 2.81. The van der Waals surface area contributed by atoms with Crippen LogP contribution < -0.4 is 9.46 Å². The monoisotopic (exact) mass is 285 g/mol. The normalized spacial score (nSPS) is 12.2. The fourth-order valence-electron chi connectivity index (χ4n) is 1.97. The van der Waals surface area contributed by atoms with Gasteiger partial charge < -0.3 is 4.74 Å². The molecule has 0 radical (unpaired) electrons. The molecule has 0 aliphatic rings. The second-order valence-electron chi connectivity index (χ2n) is 5.29. The van der Waals surface area contributed by atoms with Gasteiger partial charge in [-0.05, 0) is 49.9 Å². The highest BCUT2D eigenvalue weighted by Crippen LogP contribution is 2.31. The minimum absolute atomic E-state index is 0.131. The van der Waals surface area contributed by atoms with Crippen molar-refractivity contribution in [1.82, 2.24) is 4.72 Å². The van der Waals surface area contributed by atoms with Crippen molar-refractivity contribution in [3.63, 3.8) is 0 Å². The summed E-state index contributed by atoms with van der Waals surface area (Å²) in [7, 11) is -1.88. The van der Waals surface area contributed by atoms with Gasteiger partial charge in [-0.2, -0.15) is 0 Å². The van der Waals surface area contributed by atoms with Crippen molar-refractivity contribution < 1.29 is 13.2 Å². The first kappa shape index (κ1) is 16.0. The number of hydrogen-bond acceptors (Lipinski definition) is 3. The van der Waals surface area contributed by atoms with Crippen LogP contribution in [0.1, 0.15) is 44.7 Å². The summed E-state index contributed by atoms with van der Waals surface area (Å²) in [5.74, 6) is 0.930. The molecule has 0 unspecified atom stereocenters. The first-order valence-electron chi connectivity index (χ1n) is 6.40. The van der Waals surface area contributed by atoms with Crippen LogP contribution in [0.25, 0.3) is 0 Å². The summed E-state index contributed by atoms with van der Waals surface area (Å²) < 4.78 is 32.5. The molecular formula is C14H23NO3S. The quantitative estimate of drug-likeness (QED) is 0.905. The van der Waals surface area contributed by atoms with Gasteiger partial charge in [0.25, 0.3) is 0 Å². The standard InChI is InChI=1S/C14H23NO3S/c1-9(2)12-8-14(11(5)7-13(12)18-6)19(16,17)15-10(3)4/h7-10,15H,1-6H3. The van der Waals surface area contributed by atoms with E-state index in [1.807, 2.05) is 13.8 Å². The minimum Gasteiger partial charge on any atom is -0.496 e. The highest BCUT2D eigenvalue weighted by Gasteiger charge is 2.21. The van der Waals surface area contributed by atoms with E-state index in [-0.39, 0.29) is 12.0 Å². The third-order valence-electron chi connectivity index (χ3n) is 2.83. The van der Waals surface area contributed by atoms with E-state index < -0.39 is 10.0 Å². The van der Waals surface area contributed by atoms with Gasteiger partial charge in [0.15, 0.2) is 0 Å². The third kappa shape index (κ3) is 3.70. The molecule has 0 aliphatic heterocycles. The summed E-state index contributed by atoms with van der Waals surface area (Å²) in [6.45, 7) is 9.42. The van der Waals surface area contributed by atoms with Crippen LogP contribution in [0.2, 0.25) is 0 Å². The first-order valence-corrected chi connectivity index (χ1v) is 7.88. The van der Waals surface area contributed by atoms with Crippen LogP contribution in [-0.4, -0.2) is 21.6 Å². The minimum atomic E-state index is -3.48. The number of sulfonamides is 1. The number of rotatable bonds is 5. The molecule has 4 nitrogen and oxygen atoms in total. The number of methoxy groups -OCH3 is 1. The van der Waals surface area contributed by atoms with Crippen molar-refractivity contribution in [3.8, 4) is 5.75 Å². The van der Waals surface area contributed by atoms with Gasteiger partial charge in [0, 0.05) is 6.04 Å². The van der Waals surface area contributed by atoms with Crippen LogP contribution in [0.15, 0.2) is 17.0 Å². The number of ether oxygens (including phenoxy) is 1. The summed E-state index contributed by atoms with van der Waals surface area (Å²) in [6.07, 6.45) is 0. The second kappa shape index (κ2) is 5.92. The lowest BCUT2D eigenvalue weighted by atomic mass is 10.0. The Morgan fingerprint density at radius 1 is 1.16 bits per heavy atom. The number of hydrogen-bond donors (Lipinski definition) is 1. The van der Waals surface area contributed by atoms with Gasteiger partial charge in [-0.1, -0.05) is 13.8 Å². The average molecular weight is 285 g/mol. The molecule has 0 aliphatic carbocycles. The molecule has 1 aromatic carbocycles. The van der Waals surface area contributed by atoms with E-state index in [1.165, 1.54) is 0 Å². The zero-order valence-corrected chi connectivity index (χ0v) is 13.3. The van der Waals surface area contributed by atoms with Crippen LogP contribution in [0.4, 0.5) is 0 Å². The molecule has 1 N–H and O–H groups in total. The van der Waals surface area contributed by atoms with Crippen LogP contribution >= 0.6 is 0 Å². The van der Waals surface area contributed by atoms with Crippen LogP contribution in [-0.2, 0) is 10.0 Å².